The normalized spacial score (nSPS) is 24.0. The van der Waals surface area contributed by atoms with Gasteiger partial charge in [0.2, 0.25) is 0 Å². The molecule has 0 aliphatic carbocycles. The molecular weight excluding hydrogens is 302 g/mol. The molecule has 2 N–H and O–H groups in total. The van der Waals surface area contributed by atoms with Crippen LogP contribution in [0.3, 0.4) is 0 Å². The first-order valence-electron chi connectivity index (χ1n) is 9.00. The fourth-order valence-corrected chi connectivity index (χ4v) is 4.05. The Labute approximate surface area is 142 Å². The maximum Gasteiger partial charge on any atom is 0.315 e. The van der Waals surface area contributed by atoms with Gasteiger partial charge in [0, 0.05) is 44.0 Å². The molecule has 4 heterocycles. The SMILES string of the molecule is O=C(NCCc1cn2ccccc2n1)N[C@@H]1CCN2CCCC[C@@H]12. The number of piperidine rings is 1. The number of hydrogen-bond acceptors (Lipinski definition) is 3. The van der Waals surface area contributed by atoms with E-state index in [1.165, 1.54) is 25.8 Å². The Kier molecular flexibility index (Phi) is 4.38. The summed E-state index contributed by atoms with van der Waals surface area (Å²) in [5, 5.41) is 6.15. The van der Waals surface area contributed by atoms with Gasteiger partial charge in [-0.1, -0.05) is 12.5 Å². The summed E-state index contributed by atoms with van der Waals surface area (Å²) in [5.74, 6) is 0. The summed E-state index contributed by atoms with van der Waals surface area (Å²) in [6, 6.07) is 6.76. The smallest absolute Gasteiger partial charge is 0.315 e. The average Bonchev–Trinajstić information content (AvgIpc) is 3.19. The van der Waals surface area contributed by atoms with Crippen molar-refractivity contribution in [2.75, 3.05) is 19.6 Å². The number of carbonyl (C=O) groups is 1. The molecule has 2 aliphatic heterocycles. The highest BCUT2D eigenvalue weighted by atomic mass is 16.2. The number of hydrogen-bond donors (Lipinski definition) is 2. The summed E-state index contributed by atoms with van der Waals surface area (Å²) in [5.41, 5.74) is 1.95. The van der Waals surface area contributed by atoms with E-state index < -0.39 is 0 Å². The Balaban J connectivity index is 1.24. The zero-order valence-electron chi connectivity index (χ0n) is 13.9. The third-order valence-corrected chi connectivity index (χ3v) is 5.25. The number of nitrogens with one attached hydrogen (secondary N) is 2. The fraction of sp³-hybridized carbons (Fsp3) is 0.556. The Bertz CT molecular complexity index is 679. The highest BCUT2D eigenvalue weighted by molar-refractivity contribution is 5.74. The molecule has 0 spiro atoms. The van der Waals surface area contributed by atoms with Crippen molar-refractivity contribution in [3.05, 3.63) is 36.3 Å². The molecule has 0 bridgehead atoms. The zero-order valence-corrected chi connectivity index (χ0v) is 13.9. The Hall–Kier alpha value is -2.08. The maximum absolute atomic E-state index is 12.2. The number of urea groups is 1. The Morgan fingerprint density at radius 3 is 3.12 bits per heavy atom. The lowest BCUT2D eigenvalue weighted by Gasteiger charge is -2.32. The van der Waals surface area contributed by atoms with Crippen LogP contribution < -0.4 is 10.6 Å². The molecule has 4 rings (SSSR count). The van der Waals surface area contributed by atoms with Gasteiger partial charge in [0.15, 0.2) is 0 Å². The van der Waals surface area contributed by atoms with Crippen LogP contribution in [0.2, 0.25) is 0 Å². The van der Waals surface area contributed by atoms with Crippen LogP contribution in [-0.2, 0) is 6.42 Å². The lowest BCUT2D eigenvalue weighted by Crippen LogP contribution is -2.49. The number of amides is 2. The lowest BCUT2D eigenvalue weighted by atomic mass is 9.99. The number of aromatic nitrogens is 2. The lowest BCUT2D eigenvalue weighted by molar-refractivity contribution is 0.179. The van der Waals surface area contributed by atoms with E-state index in [2.05, 4.69) is 20.5 Å². The van der Waals surface area contributed by atoms with Crippen molar-refractivity contribution in [3.8, 4) is 0 Å². The van der Waals surface area contributed by atoms with Crippen molar-refractivity contribution in [1.29, 1.82) is 0 Å². The van der Waals surface area contributed by atoms with Crippen molar-refractivity contribution in [3.63, 3.8) is 0 Å². The molecule has 0 aromatic carbocycles. The van der Waals surface area contributed by atoms with E-state index in [0.29, 0.717) is 18.6 Å². The standard InChI is InChI=1S/C18H25N5O/c24-18(21-15-8-12-22-10-3-1-5-16(15)22)19-9-7-14-13-23-11-4-2-6-17(23)20-14/h2,4,6,11,13,15-16H,1,3,5,7-10,12H2,(H2,19,21,24)/t15-,16+/m1/s1. The predicted octanol–water partition coefficient (Wildman–Crippen LogP) is 1.80. The molecule has 0 radical (unpaired) electrons. The minimum absolute atomic E-state index is 0.0452. The number of rotatable bonds is 4. The maximum atomic E-state index is 12.2. The van der Waals surface area contributed by atoms with Crippen LogP contribution in [-0.4, -0.2) is 52.0 Å². The number of nitrogens with zero attached hydrogens (tertiary/aromatic N) is 3. The van der Waals surface area contributed by atoms with Gasteiger partial charge in [-0.25, -0.2) is 9.78 Å². The number of fused-ring (bicyclic) bond motifs is 2. The molecule has 0 saturated carbocycles. The molecule has 128 valence electrons. The third kappa shape index (κ3) is 3.24. The van der Waals surface area contributed by atoms with E-state index in [4.69, 9.17) is 0 Å². The highest BCUT2D eigenvalue weighted by Gasteiger charge is 2.36. The van der Waals surface area contributed by atoms with Crippen LogP contribution in [0.5, 0.6) is 0 Å². The minimum Gasteiger partial charge on any atom is -0.338 e. The monoisotopic (exact) mass is 327 g/mol. The Morgan fingerprint density at radius 1 is 1.25 bits per heavy atom. The second-order valence-electron chi connectivity index (χ2n) is 6.84. The van der Waals surface area contributed by atoms with Gasteiger partial charge in [0.25, 0.3) is 0 Å². The van der Waals surface area contributed by atoms with Gasteiger partial charge < -0.3 is 15.0 Å². The van der Waals surface area contributed by atoms with Crippen LogP contribution in [0.4, 0.5) is 4.79 Å². The Morgan fingerprint density at radius 2 is 2.21 bits per heavy atom. The second kappa shape index (κ2) is 6.81. The van der Waals surface area contributed by atoms with Crippen LogP contribution >= 0.6 is 0 Å². The van der Waals surface area contributed by atoms with E-state index >= 15 is 0 Å². The van der Waals surface area contributed by atoms with Gasteiger partial charge >= 0.3 is 6.03 Å². The quantitative estimate of drug-likeness (QED) is 0.900. The number of pyridine rings is 1. The van der Waals surface area contributed by atoms with Gasteiger partial charge in [-0.15, -0.1) is 0 Å². The molecule has 2 saturated heterocycles. The predicted molar refractivity (Wildman–Crippen MR) is 93.0 cm³/mol. The molecule has 2 aromatic heterocycles. The first kappa shape index (κ1) is 15.4. The first-order valence-corrected chi connectivity index (χ1v) is 9.00. The van der Waals surface area contributed by atoms with Crippen molar-refractivity contribution in [1.82, 2.24) is 24.9 Å². The largest absolute Gasteiger partial charge is 0.338 e. The number of imidazole rings is 1. The summed E-state index contributed by atoms with van der Waals surface area (Å²) in [4.78, 5) is 19.3. The molecule has 0 unspecified atom stereocenters. The van der Waals surface area contributed by atoms with Crippen LogP contribution in [0.1, 0.15) is 31.4 Å². The summed E-state index contributed by atoms with van der Waals surface area (Å²) >= 11 is 0. The molecule has 2 fully saturated rings. The van der Waals surface area contributed by atoms with Gasteiger partial charge in [-0.05, 0) is 37.9 Å². The number of carbonyl (C=O) groups excluding carboxylic acids is 1. The fourth-order valence-electron chi connectivity index (χ4n) is 4.05. The van der Waals surface area contributed by atoms with Gasteiger partial charge in [-0.3, -0.25) is 4.90 Å². The molecule has 24 heavy (non-hydrogen) atoms. The first-order chi connectivity index (χ1) is 11.8. The topological polar surface area (TPSA) is 61.7 Å². The van der Waals surface area contributed by atoms with Crippen LogP contribution in [0, 0.1) is 0 Å². The second-order valence-corrected chi connectivity index (χ2v) is 6.84. The molecule has 6 nitrogen and oxygen atoms in total. The van der Waals surface area contributed by atoms with Gasteiger partial charge in [0.1, 0.15) is 5.65 Å². The molecule has 2 aromatic rings. The summed E-state index contributed by atoms with van der Waals surface area (Å²) in [6.07, 6.45) is 9.63. The molecule has 2 aliphatic rings. The van der Waals surface area contributed by atoms with Gasteiger partial charge in [-0.2, -0.15) is 0 Å². The molecule has 6 heteroatoms. The summed E-state index contributed by atoms with van der Waals surface area (Å²) in [7, 11) is 0. The van der Waals surface area contributed by atoms with Crippen molar-refractivity contribution >= 4 is 11.7 Å². The van der Waals surface area contributed by atoms with E-state index in [-0.39, 0.29) is 6.03 Å². The zero-order chi connectivity index (χ0) is 16.4. The van der Waals surface area contributed by atoms with Crippen molar-refractivity contribution in [2.24, 2.45) is 0 Å². The van der Waals surface area contributed by atoms with E-state index in [1.54, 1.807) is 0 Å². The third-order valence-electron chi connectivity index (χ3n) is 5.25. The van der Waals surface area contributed by atoms with Crippen molar-refractivity contribution in [2.45, 2.75) is 44.2 Å². The van der Waals surface area contributed by atoms with Crippen LogP contribution in [0.25, 0.3) is 5.65 Å². The van der Waals surface area contributed by atoms with E-state index in [9.17, 15) is 4.79 Å². The summed E-state index contributed by atoms with van der Waals surface area (Å²) in [6.45, 7) is 2.92. The molecule has 2 amide bonds. The molecular formula is C18H25N5O. The minimum atomic E-state index is -0.0452. The van der Waals surface area contributed by atoms with Gasteiger partial charge in [0.05, 0.1) is 5.69 Å². The highest BCUT2D eigenvalue weighted by Crippen LogP contribution is 2.26. The van der Waals surface area contributed by atoms with E-state index in [0.717, 1.165) is 30.7 Å². The average molecular weight is 327 g/mol. The summed E-state index contributed by atoms with van der Waals surface area (Å²) < 4.78 is 2.01. The van der Waals surface area contributed by atoms with Crippen molar-refractivity contribution < 1.29 is 4.79 Å². The van der Waals surface area contributed by atoms with Crippen LogP contribution in [0.15, 0.2) is 30.6 Å². The molecule has 2 atom stereocenters. The van der Waals surface area contributed by atoms with E-state index in [1.807, 2.05) is 35.0 Å².